The predicted molar refractivity (Wildman–Crippen MR) is 60.2 cm³/mol. The summed E-state index contributed by atoms with van der Waals surface area (Å²) in [5, 5.41) is 12.2. The average Bonchev–Trinajstić information content (AvgIpc) is 1.98. The van der Waals surface area contributed by atoms with Crippen LogP contribution in [0.15, 0.2) is 18.2 Å². The van der Waals surface area contributed by atoms with E-state index in [9.17, 15) is 9.50 Å². The molecule has 0 heterocycles. The molecule has 1 rings (SSSR count). The van der Waals surface area contributed by atoms with Crippen LogP contribution in [0, 0.1) is 5.82 Å². The van der Waals surface area contributed by atoms with Gasteiger partial charge >= 0.3 is 0 Å². The van der Waals surface area contributed by atoms with Gasteiger partial charge in [0.15, 0.2) is 0 Å². The maximum Gasteiger partial charge on any atom is 0.127 e. The minimum absolute atomic E-state index is 0.0752. The maximum absolute atomic E-state index is 13.0. The zero-order valence-corrected chi connectivity index (χ0v) is 9.00. The number of halogens is 1. The number of benzene rings is 1. The molecule has 0 saturated carbocycles. The summed E-state index contributed by atoms with van der Waals surface area (Å²) in [6.07, 6.45) is 0.231. The van der Waals surface area contributed by atoms with Gasteiger partial charge in [0.05, 0.1) is 6.10 Å². The van der Waals surface area contributed by atoms with Crippen LogP contribution in [-0.4, -0.2) is 17.3 Å². The molecule has 0 saturated heterocycles. The summed E-state index contributed by atoms with van der Waals surface area (Å²) in [4.78, 5) is 0. The van der Waals surface area contributed by atoms with Crippen molar-refractivity contribution in [2.75, 3.05) is 11.1 Å². The first kappa shape index (κ1) is 11.8. The Kier molecular flexibility index (Phi) is 3.91. The third kappa shape index (κ3) is 4.16. The molecule has 0 aliphatic carbocycles. The van der Waals surface area contributed by atoms with Crippen molar-refractivity contribution in [3.63, 3.8) is 0 Å². The zero-order valence-electron chi connectivity index (χ0n) is 9.00. The largest absolute Gasteiger partial charge is 0.399 e. The van der Waals surface area contributed by atoms with E-state index in [1.165, 1.54) is 12.1 Å². The molecular weight excluding hydrogens is 195 g/mol. The second-order valence-electron chi connectivity index (χ2n) is 3.90. The number of nitrogen functional groups attached to an aromatic ring is 1. The topological polar surface area (TPSA) is 58.3 Å². The Bertz CT molecular complexity index is 308. The van der Waals surface area contributed by atoms with Gasteiger partial charge in [-0.05, 0) is 38.5 Å². The lowest BCUT2D eigenvalue weighted by Crippen LogP contribution is -2.20. The van der Waals surface area contributed by atoms with E-state index in [4.69, 9.17) is 5.73 Å². The highest BCUT2D eigenvalue weighted by Crippen LogP contribution is 2.17. The van der Waals surface area contributed by atoms with Gasteiger partial charge in [0.1, 0.15) is 5.82 Å². The van der Waals surface area contributed by atoms with Crippen LogP contribution in [0.4, 0.5) is 15.8 Å². The standard InChI is InChI=1S/C11H17FN2O/c1-7(3-8(2)15)14-11-5-9(12)4-10(13)6-11/h4-8,14-15H,3,13H2,1-2H3. The summed E-state index contributed by atoms with van der Waals surface area (Å²) >= 11 is 0. The Morgan fingerprint density at radius 1 is 1.40 bits per heavy atom. The molecule has 2 unspecified atom stereocenters. The summed E-state index contributed by atoms with van der Waals surface area (Å²) in [5.74, 6) is -0.359. The lowest BCUT2D eigenvalue weighted by Gasteiger charge is -2.17. The summed E-state index contributed by atoms with van der Waals surface area (Å²) in [7, 11) is 0. The molecule has 4 heteroatoms. The predicted octanol–water partition coefficient (Wildman–Crippen LogP) is 1.98. The normalized spacial score (nSPS) is 14.7. The molecule has 0 radical (unpaired) electrons. The summed E-state index contributed by atoms with van der Waals surface area (Å²) in [5.41, 5.74) is 6.54. The molecule has 0 aromatic heterocycles. The molecule has 15 heavy (non-hydrogen) atoms. The summed E-state index contributed by atoms with van der Waals surface area (Å²) < 4.78 is 13.0. The van der Waals surface area contributed by atoms with Crippen LogP contribution in [0.2, 0.25) is 0 Å². The fraction of sp³-hybridized carbons (Fsp3) is 0.455. The molecule has 0 bridgehead atoms. The Hall–Kier alpha value is -1.29. The Morgan fingerprint density at radius 3 is 2.60 bits per heavy atom. The van der Waals surface area contributed by atoms with Crippen molar-refractivity contribution in [2.24, 2.45) is 0 Å². The fourth-order valence-corrected chi connectivity index (χ4v) is 1.55. The van der Waals surface area contributed by atoms with Crippen LogP contribution in [0.25, 0.3) is 0 Å². The van der Waals surface area contributed by atoms with Gasteiger partial charge in [-0.2, -0.15) is 0 Å². The van der Waals surface area contributed by atoms with E-state index >= 15 is 0 Å². The molecule has 2 atom stereocenters. The molecule has 1 aromatic carbocycles. The number of aliphatic hydroxyl groups excluding tert-OH is 1. The van der Waals surface area contributed by atoms with Crippen molar-refractivity contribution in [1.29, 1.82) is 0 Å². The highest BCUT2D eigenvalue weighted by atomic mass is 19.1. The molecule has 0 aliphatic heterocycles. The Labute approximate surface area is 89.1 Å². The number of rotatable bonds is 4. The zero-order chi connectivity index (χ0) is 11.4. The lowest BCUT2D eigenvalue weighted by atomic mass is 10.1. The number of nitrogens with two attached hydrogens (primary N) is 1. The number of hydrogen-bond acceptors (Lipinski definition) is 3. The first-order valence-electron chi connectivity index (χ1n) is 4.98. The summed E-state index contributed by atoms with van der Waals surface area (Å²) in [6, 6.07) is 4.40. The van der Waals surface area contributed by atoms with E-state index in [-0.39, 0.29) is 18.0 Å². The van der Waals surface area contributed by atoms with E-state index in [1.54, 1.807) is 13.0 Å². The monoisotopic (exact) mass is 212 g/mol. The molecule has 0 spiro atoms. The van der Waals surface area contributed by atoms with Gasteiger partial charge in [0.2, 0.25) is 0 Å². The lowest BCUT2D eigenvalue weighted by molar-refractivity contribution is 0.179. The average molecular weight is 212 g/mol. The van der Waals surface area contributed by atoms with Crippen molar-refractivity contribution >= 4 is 11.4 Å². The van der Waals surface area contributed by atoms with Crippen LogP contribution < -0.4 is 11.1 Å². The van der Waals surface area contributed by atoms with Crippen molar-refractivity contribution in [1.82, 2.24) is 0 Å². The fourth-order valence-electron chi connectivity index (χ4n) is 1.55. The third-order valence-corrected chi connectivity index (χ3v) is 2.03. The molecule has 0 aliphatic rings. The molecule has 0 fully saturated rings. The van der Waals surface area contributed by atoms with Crippen molar-refractivity contribution in [2.45, 2.75) is 32.4 Å². The van der Waals surface area contributed by atoms with Crippen molar-refractivity contribution < 1.29 is 9.50 Å². The molecule has 3 nitrogen and oxygen atoms in total. The molecular formula is C11H17FN2O. The molecule has 4 N–H and O–H groups in total. The first-order valence-corrected chi connectivity index (χ1v) is 4.98. The highest BCUT2D eigenvalue weighted by Gasteiger charge is 2.06. The van der Waals surface area contributed by atoms with Crippen molar-refractivity contribution in [3.8, 4) is 0 Å². The SMILES string of the molecule is CC(O)CC(C)Nc1cc(N)cc(F)c1. The summed E-state index contributed by atoms with van der Waals surface area (Å²) in [6.45, 7) is 3.64. The number of nitrogens with one attached hydrogen (secondary N) is 1. The Morgan fingerprint density at radius 2 is 2.07 bits per heavy atom. The van der Waals surface area contributed by atoms with Gasteiger partial charge in [0, 0.05) is 17.4 Å². The van der Waals surface area contributed by atoms with Crippen LogP contribution in [0.3, 0.4) is 0 Å². The maximum atomic E-state index is 13.0. The van der Waals surface area contributed by atoms with Crippen LogP contribution >= 0.6 is 0 Å². The van der Waals surface area contributed by atoms with Gasteiger partial charge in [0.25, 0.3) is 0 Å². The third-order valence-electron chi connectivity index (χ3n) is 2.03. The van der Waals surface area contributed by atoms with Gasteiger partial charge in [-0.3, -0.25) is 0 Å². The second-order valence-corrected chi connectivity index (χ2v) is 3.90. The minimum atomic E-state index is -0.376. The van der Waals surface area contributed by atoms with Crippen LogP contribution in [-0.2, 0) is 0 Å². The van der Waals surface area contributed by atoms with Gasteiger partial charge in [-0.15, -0.1) is 0 Å². The number of hydrogen-bond donors (Lipinski definition) is 3. The van der Waals surface area contributed by atoms with E-state index in [0.717, 1.165) is 0 Å². The van der Waals surface area contributed by atoms with Gasteiger partial charge in [-0.25, -0.2) is 4.39 Å². The second kappa shape index (κ2) is 4.98. The Balaban J connectivity index is 2.63. The van der Waals surface area contributed by atoms with Crippen molar-refractivity contribution in [3.05, 3.63) is 24.0 Å². The quantitative estimate of drug-likeness (QED) is 0.669. The van der Waals surface area contributed by atoms with Gasteiger partial charge in [-0.1, -0.05) is 0 Å². The number of aliphatic hydroxyl groups is 1. The van der Waals surface area contributed by atoms with Crippen LogP contribution in [0.1, 0.15) is 20.3 Å². The smallest absolute Gasteiger partial charge is 0.127 e. The number of anilines is 2. The van der Waals surface area contributed by atoms with E-state index in [0.29, 0.717) is 17.8 Å². The van der Waals surface area contributed by atoms with E-state index in [1.807, 2.05) is 6.92 Å². The molecule has 0 amide bonds. The highest BCUT2D eigenvalue weighted by molar-refractivity contribution is 5.55. The van der Waals surface area contributed by atoms with Gasteiger partial charge < -0.3 is 16.2 Å². The minimum Gasteiger partial charge on any atom is -0.399 e. The first-order chi connectivity index (χ1) is 6.97. The van der Waals surface area contributed by atoms with E-state index < -0.39 is 0 Å². The van der Waals surface area contributed by atoms with Crippen LogP contribution in [0.5, 0.6) is 0 Å². The molecule has 1 aromatic rings. The molecule has 84 valence electrons. The van der Waals surface area contributed by atoms with E-state index in [2.05, 4.69) is 5.32 Å².